The van der Waals surface area contributed by atoms with Crippen LogP contribution in [0.2, 0.25) is 0 Å². The molecule has 1 aliphatic carbocycles. The number of benzene rings is 11. The number of fused-ring (bicyclic) bond motifs is 12. The lowest BCUT2D eigenvalue weighted by Gasteiger charge is -2.27. The summed E-state index contributed by atoms with van der Waals surface area (Å²) in [6.07, 6.45) is 6.85. The fourth-order valence-corrected chi connectivity index (χ4v) is 9.44. The molecule has 0 saturated heterocycles. The molecular weight excluding hydrogens is 771 g/mol. The molecule has 0 bridgehead atoms. The van der Waals surface area contributed by atoms with Crippen molar-refractivity contribution in [2.45, 2.75) is 33.6 Å². The van der Waals surface area contributed by atoms with Crippen molar-refractivity contribution in [2.24, 2.45) is 0 Å². The van der Waals surface area contributed by atoms with Crippen molar-refractivity contribution in [3.8, 4) is 11.1 Å². The maximum atomic E-state index is 2.39. The Morgan fingerprint density at radius 2 is 0.734 bits per heavy atom. The average molecular weight is 822 g/mol. The van der Waals surface area contributed by atoms with Crippen LogP contribution in [0.15, 0.2) is 224 Å². The number of hydrogen-bond donors (Lipinski definition) is 0. The van der Waals surface area contributed by atoms with Crippen LogP contribution in [-0.4, -0.2) is 0 Å². The molecule has 0 heterocycles. The summed E-state index contributed by atoms with van der Waals surface area (Å²) in [5.74, 6) is 0. The first-order valence-corrected chi connectivity index (χ1v) is 22.5. The van der Waals surface area contributed by atoms with Crippen molar-refractivity contribution in [3.05, 3.63) is 252 Å². The molecule has 0 unspecified atom stereocenters. The van der Waals surface area contributed by atoms with E-state index in [1.807, 2.05) is 18.2 Å². The summed E-state index contributed by atoms with van der Waals surface area (Å²) >= 11 is 0. The minimum atomic E-state index is 1.09. The third kappa shape index (κ3) is 8.05. The van der Waals surface area contributed by atoms with Crippen molar-refractivity contribution in [1.29, 1.82) is 0 Å². The Morgan fingerprint density at radius 1 is 0.312 bits per heavy atom. The summed E-state index contributed by atoms with van der Waals surface area (Å²) in [4.78, 5) is 2.37. The summed E-state index contributed by atoms with van der Waals surface area (Å²) in [6, 6.07) is 78.6. The largest absolute Gasteiger partial charge is 0.310 e. The van der Waals surface area contributed by atoms with Crippen LogP contribution >= 0.6 is 0 Å². The van der Waals surface area contributed by atoms with Crippen LogP contribution in [0.25, 0.3) is 71.1 Å². The number of aryl methyl sites for hydroxylation is 4. The van der Waals surface area contributed by atoms with Crippen molar-refractivity contribution in [1.82, 2.24) is 0 Å². The van der Waals surface area contributed by atoms with Gasteiger partial charge in [-0.3, -0.25) is 0 Å². The zero-order chi connectivity index (χ0) is 43.4. The fourth-order valence-electron chi connectivity index (χ4n) is 9.44. The minimum absolute atomic E-state index is 1.09. The second-order valence-electron chi connectivity index (χ2n) is 17.0. The normalized spacial score (nSPS) is 11.8. The molecule has 0 spiro atoms. The van der Waals surface area contributed by atoms with Gasteiger partial charge < -0.3 is 4.90 Å². The quantitative estimate of drug-likeness (QED) is 0.160. The first-order valence-electron chi connectivity index (χ1n) is 22.5. The maximum absolute atomic E-state index is 2.39. The predicted octanol–water partition coefficient (Wildman–Crippen LogP) is 17.8. The first-order chi connectivity index (χ1) is 31.5. The summed E-state index contributed by atoms with van der Waals surface area (Å²) in [7, 11) is 0. The standard InChI is InChI=1S/C37H29N.C19H14.C7H8/c1-26-15-17-27(18-16-26)28-19-21-30(22-20-28)38(29-9-3-2-4-10-29)31-23-24-36-34-13-6-5-11-32(34)33-12-7-8-14-35(33)37(36)25-31;1-13-10-11-18-16-8-3-2-6-14(16)15-7-4-5-9-17(15)19(18)12-13;1-7-5-3-2-4-6-7/h2-6,8-11,13-25H,7,12H2,1H3;2-12H,1H3;2-6H,1H3. The molecule has 0 aliphatic heterocycles. The van der Waals surface area contributed by atoms with Gasteiger partial charge in [-0.15, -0.1) is 0 Å². The molecule has 1 aliphatic rings. The number of anilines is 3. The minimum Gasteiger partial charge on any atom is -0.310 e. The molecule has 11 aromatic rings. The van der Waals surface area contributed by atoms with Crippen LogP contribution in [-0.2, 0) is 6.42 Å². The van der Waals surface area contributed by atoms with Gasteiger partial charge in [0.05, 0.1) is 0 Å². The van der Waals surface area contributed by atoms with Gasteiger partial charge in [0.25, 0.3) is 0 Å². The molecule has 1 nitrogen and oxygen atoms in total. The average Bonchev–Trinajstić information content (AvgIpc) is 3.36. The topological polar surface area (TPSA) is 3.24 Å². The molecule has 12 rings (SSSR count). The van der Waals surface area contributed by atoms with Crippen LogP contribution < -0.4 is 4.90 Å². The zero-order valence-corrected chi connectivity index (χ0v) is 36.8. The second-order valence-corrected chi connectivity index (χ2v) is 17.0. The number of rotatable bonds is 4. The molecule has 308 valence electrons. The zero-order valence-electron chi connectivity index (χ0n) is 36.8. The van der Waals surface area contributed by atoms with Crippen molar-refractivity contribution in [2.75, 3.05) is 4.90 Å². The Hall–Kier alpha value is -7.74. The highest BCUT2D eigenvalue weighted by Gasteiger charge is 2.18. The summed E-state index contributed by atoms with van der Waals surface area (Å²) < 4.78 is 0. The van der Waals surface area contributed by atoms with E-state index in [9.17, 15) is 0 Å². The van der Waals surface area contributed by atoms with E-state index in [0.717, 1.165) is 24.2 Å². The lowest BCUT2D eigenvalue weighted by Crippen LogP contribution is -2.10. The van der Waals surface area contributed by atoms with Crippen LogP contribution in [0.3, 0.4) is 0 Å². The van der Waals surface area contributed by atoms with Crippen molar-refractivity contribution < 1.29 is 0 Å². The summed E-state index contributed by atoms with van der Waals surface area (Å²) in [5, 5.41) is 13.5. The lowest BCUT2D eigenvalue weighted by molar-refractivity contribution is 1.00. The molecule has 0 amide bonds. The third-order valence-corrected chi connectivity index (χ3v) is 12.6. The van der Waals surface area contributed by atoms with E-state index in [2.05, 4.69) is 238 Å². The monoisotopic (exact) mass is 821 g/mol. The van der Waals surface area contributed by atoms with Gasteiger partial charge in [0, 0.05) is 17.1 Å². The number of allylic oxidation sites excluding steroid dienone is 1. The van der Waals surface area contributed by atoms with E-state index < -0.39 is 0 Å². The number of para-hydroxylation sites is 1. The molecule has 0 N–H and O–H groups in total. The molecule has 11 aromatic carbocycles. The molecule has 0 radical (unpaired) electrons. The second kappa shape index (κ2) is 17.9. The Morgan fingerprint density at radius 3 is 1.33 bits per heavy atom. The molecule has 64 heavy (non-hydrogen) atoms. The lowest BCUT2D eigenvalue weighted by atomic mass is 9.86. The van der Waals surface area contributed by atoms with Crippen LogP contribution in [0.5, 0.6) is 0 Å². The summed E-state index contributed by atoms with van der Waals surface area (Å²) in [6.45, 7) is 6.37. The van der Waals surface area contributed by atoms with E-state index in [-0.39, 0.29) is 0 Å². The highest BCUT2D eigenvalue weighted by Crippen LogP contribution is 2.42. The van der Waals surface area contributed by atoms with Gasteiger partial charge >= 0.3 is 0 Å². The van der Waals surface area contributed by atoms with E-state index in [0.29, 0.717) is 0 Å². The van der Waals surface area contributed by atoms with E-state index in [4.69, 9.17) is 0 Å². The molecule has 0 fully saturated rings. The molecule has 1 heteroatoms. The smallest absolute Gasteiger partial charge is 0.0468 e. The Kier molecular flexibility index (Phi) is 11.3. The van der Waals surface area contributed by atoms with E-state index >= 15 is 0 Å². The van der Waals surface area contributed by atoms with Gasteiger partial charge in [-0.2, -0.15) is 0 Å². The van der Waals surface area contributed by atoms with Crippen LogP contribution in [0.4, 0.5) is 17.1 Å². The Bertz CT molecular complexity index is 3400. The molecule has 0 atom stereocenters. The van der Waals surface area contributed by atoms with Crippen molar-refractivity contribution in [3.63, 3.8) is 0 Å². The predicted molar refractivity (Wildman–Crippen MR) is 279 cm³/mol. The van der Waals surface area contributed by atoms with Gasteiger partial charge in [0.15, 0.2) is 0 Å². The van der Waals surface area contributed by atoms with Crippen molar-refractivity contribution >= 4 is 77.0 Å². The highest BCUT2D eigenvalue weighted by molar-refractivity contribution is 6.25. The SMILES string of the molecule is Cc1ccc(-c2ccc(N(c3ccccc3)c3ccc4c(c3)c3c(c5ccccc54)CCC=C3)cc2)cc1.Cc1ccc2c3ccccc3c3ccccc3c2c1.Cc1ccccc1. The molecular formula is C63H51N. The molecule has 0 aromatic heterocycles. The fraction of sp³-hybridized carbons (Fsp3) is 0.0794. The van der Waals surface area contributed by atoms with Gasteiger partial charge in [0.2, 0.25) is 0 Å². The number of hydrogen-bond acceptors (Lipinski definition) is 1. The van der Waals surface area contributed by atoms with Gasteiger partial charge in [-0.05, 0) is 146 Å². The number of nitrogens with zero attached hydrogens (tertiary/aromatic N) is 1. The third-order valence-electron chi connectivity index (χ3n) is 12.6. The Labute approximate surface area is 377 Å². The Balaban J connectivity index is 0.000000153. The first kappa shape index (κ1) is 40.3. The van der Waals surface area contributed by atoms with E-state index in [1.165, 1.54) is 98.5 Å². The van der Waals surface area contributed by atoms with Gasteiger partial charge in [-0.25, -0.2) is 0 Å². The maximum Gasteiger partial charge on any atom is 0.0468 e. The molecule has 0 saturated carbocycles. The van der Waals surface area contributed by atoms with Gasteiger partial charge in [0.1, 0.15) is 0 Å². The van der Waals surface area contributed by atoms with E-state index in [1.54, 1.807) is 0 Å². The van der Waals surface area contributed by atoms with Crippen LogP contribution in [0.1, 0.15) is 34.2 Å². The van der Waals surface area contributed by atoms with Gasteiger partial charge in [-0.1, -0.05) is 211 Å². The highest BCUT2D eigenvalue weighted by atomic mass is 15.1. The van der Waals surface area contributed by atoms with Crippen LogP contribution in [0, 0.1) is 20.8 Å². The summed E-state index contributed by atoms with van der Waals surface area (Å²) in [5.41, 5.74) is 12.7.